The van der Waals surface area contributed by atoms with Gasteiger partial charge in [-0.3, -0.25) is 9.59 Å². The van der Waals surface area contributed by atoms with Crippen molar-refractivity contribution in [1.82, 2.24) is 4.98 Å². The fraction of sp³-hybridized carbons (Fsp3) is 0.133. The Morgan fingerprint density at radius 1 is 1.24 bits per heavy atom. The third kappa shape index (κ3) is 2.23. The van der Waals surface area contributed by atoms with E-state index in [9.17, 15) is 9.59 Å². The van der Waals surface area contributed by atoms with E-state index in [4.69, 9.17) is 4.74 Å². The Morgan fingerprint density at radius 2 is 2.00 bits per heavy atom. The van der Waals surface area contributed by atoms with Crippen LogP contribution in [-0.2, 0) is 9.53 Å². The minimum absolute atomic E-state index is 0.362. The van der Waals surface area contributed by atoms with Gasteiger partial charge in [-0.2, -0.15) is 0 Å². The van der Waals surface area contributed by atoms with Gasteiger partial charge in [0.15, 0.2) is 5.13 Å². The summed E-state index contributed by atoms with van der Waals surface area (Å²) >= 11 is 1.24. The number of imide groups is 1. The third-order valence-electron chi connectivity index (χ3n) is 3.06. The van der Waals surface area contributed by atoms with Gasteiger partial charge in [0.25, 0.3) is 11.8 Å². The molecular weight excluding hydrogens is 288 g/mol. The third-order valence-corrected chi connectivity index (χ3v) is 3.82. The number of fused-ring (bicyclic) bond motifs is 1. The smallest absolute Gasteiger partial charge is 0.270 e. The van der Waals surface area contributed by atoms with Gasteiger partial charge in [0.2, 0.25) is 0 Å². The maximum atomic E-state index is 12.6. The zero-order chi connectivity index (χ0) is 14.8. The average Bonchev–Trinajstić information content (AvgIpc) is 3.01. The van der Waals surface area contributed by atoms with Gasteiger partial charge in [0, 0.05) is 22.7 Å². The van der Waals surface area contributed by atoms with Gasteiger partial charge >= 0.3 is 0 Å². The number of carbonyl (C=O) groups is 2. The highest BCUT2D eigenvalue weighted by atomic mass is 32.1. The first kappa shape index (κ1) is 13.5. The van der Waals surface area contributed by atoms with Crippen molar-refractivity contribution in [2.24, 2.45) is 0 Å². The van der Waals surface area contributed by atoms with E-state index in [0.29, 0.717) is 28.4 Å². The van der Waals surface area contributed by atoms with Crippen molar-refractivity contribution in [2.45, 2.75) is 6.92 Å². The second-order valence-corrected chi connectivity index (χ2v) is 5.17. The average molecular weight is 300 g/mol. The largest absolute Gasteiger partial charge is 0.501 e. The van der Waals surface area contributed by atoms with Gasteiger partial charge in [0.05, 0.1) is 18.4 Å². The number of amides is 2. The minimum atomic E-state index is -0.415. The van der Waals surface area contributed by atoms with E-state index in [1.165, 1.54) is 17.6 Å². The Hall–Kier alpha value is -2.47. The second kappa shape index (κ2) is 5.49. The summed E-state index contributed by atoms with van der Waals surface area (Å²) in [4.78, 5) is 30.3. The molecule has 0 unspecified atom stereocenters. The van der Waals surface area contributed by atoms with Crippen LogP contribution in [0.5, 0.6) is 0 Å². The van der Waals surface area contributed by atoms with Gasteiger partial charge in [0.1, 0.15) is 0 Å². The van der Waals surface area contributed by atoms with Crippen molar-refractivity contribution in [3.05, 3.63) is 53.2 Å². The highest BCUT2D eigenvalue weighted by Gasteiger charge is 2.37. The topological polar surface area (TPSA) is 59.5 Å². The number of aromatic nitrogens is 1. The molecule has 1 aliphatic heterocycles. The van der Waals surface area contributed by atoms with Gasteiger partial charge in [-0.25, -0.2) is 9.88 Å². The number of rotatable bonds is 3. The summed E-state index contributed by atoms with van der Waals surface area (Å²) in [5.41, 5.74) is 1.43. The molecule has 0 fully saturated rings. The van der Waals surface area contributed by atoms with Gasteiger partial charge in [-0.1, -0.05) is 18.2 Å². The molecule has 1 aliphatic rings. The molecular formula is C15H12N2O3S. The zero-order valence-electron chi connectivity index (χ0n) is 11.3. The number of ether oxygens (including phenoxy) is 1. The Labute approximate surface area is 125 Å². The monoisotopic (exact) mass is 300 g/mol. The Balaban J connectivity index is 2.16. The molecule has 21 heavy (non-hydrogen) atoms. The molecule has 6 heteroatoms. The molecule has 1 aromatic carbocycles. The van der Waals surface area contributed by atoms with Crippen molar-refractivity contribution in [3.63, 3.8) is 0 Å². The lowest BCUT2D eigenvalue weighted by Crippen LogP contribution is -2.41. The molecule has 0 atom stereocenters. The quantitative estimate of drug-likeness (QED) is 0.497. The van der Waals surface area contributed by atoms with E-state index in [-0.39, 0.29) is 5.91 Å². The van der Waals surface area contributed by atoms with Gasteiger partial charge < -0.3 is 4.74 Å². The summed E-state index contributed by atoms with van der Waals surface area (Å²) in [5, 5.41) is 2.09. The summed E-state index contributed by atoms with van der Waals surface area (Å²) < 4.78 is 5.26. The van der Waals surface area contributed by atoms with Crippen LogP contribution in [0.1, 0.15) is 22.8 Å². The lowest BCUT2D eigenvalue weighted by atomic mass is 9.95. The molecule has 0 radical (unpaired) electrons. The van der Waals surface area contributed by atoms with Crippen LogP contribution in [0.4, 0.5) is 5.13 Å². The molecule has 1 aromatic heterocycles. The number of anilines is 1. The molecule has 106 valence electrons. The SMILES string of the molecule is CCOC=C1C(=O)N(c2nccs2)C(=O)c2ccccc21. The van der Waals surface area contributed by atoms with E-state index in [1.54, 1.807) is 35.8 Å². The summed E-state index contributed by atoms with van der Waals surface area (Å²) in [7, 11) is 0. The minimum Gasteiger partial charge on any atom is -0.501 e. The molecule has 2 aromatic rings. The number of thiazole rings is 1. The summed E-state index contributed by atoms with van der Waals surface area (Å²) in [5.74, 6) is -0.777. The lowest BCUT2D eigenvalue weighted by molar-refractivity contribution is -0.113. The zero-order valence-corrected chi connectivity index (χ0v) is 12.1. The van der Waals surface area contributed by atoms with Crippen molar-refractivity contribution >= 4 is 33.9 Å². The highest BCUT2D eigenvalue weighted by Crippen LogP contribution is 2.32. The fourth-order valence-corrected chi connectivity index (χ4v) is 2.77. The molecule has 0 bridgehead atoms. The van der Waals surface area contributed by atoms with Crippen LogP contribution in [0, 0.1) is 0 Å². The molecule has 5 nitrogen and oxygen atoms in total. The van der Waals surface area contributed by atoms with Crippen molar-refractivity contribution < 1.29 is 14.3 Å². The second-order valence-electron chi connectivity index (χ2n) is 4.29. The van der Waals surface area contributed by atoms with Crippen LogP contribution in [0.3, 0.4) is 0 Å². The molecule has 3 rings (SSSR count). The van der Waals surface area contributed by atoms with Crippen LogP contribution < -0.4 is 4.90 Å². The Morgan fingerprint density at radius 3 is 2.67 bits per heavy atom. The molecule has 0 saturated heterocycles. The van der Waals surface area contributed by atoms with E-state index >= 15 is 0 Å². The maximum absolute atomic E-state index is 12.6. The predicted molar refractivity (Wildman–Crippen MR) is 80.0 cm³/mol. The Bertz CT molecular complexity index is 722. The molecule has 0 saturated carbocycles. The van der Waals surface area contributed by atoms with Crippen LogP contribution in [-0.4, -0.2) is 23.4 Å². The first-order valence-corrected chi connectivity index (χ1v) is 7.31. The van der Waals surface area contributed by atoms with Crippen LogP contribution in [0.25, 0.3) is 5.57 Å². The number of benzene rings is 1. The molecule has 2 amide bonds. The van der Waals surface area contributed by atoms with Gasteiger partial charge in [-0.15, -0.1) is 11.3 Å². The van der Waals surface area contributed by atoms with E-state index in [0.717, 1.165) is 4.90 Å². The highest BCUT2D eigenvalue weighted by molar-refractivity contribution is 7.14. The van der Waals surface area contributed by atoms with E-state index in [1.807, 2.05) is 6.92 Å². The normalized spacial score (nSPS) is 16.2. The lowest BCUT2D eigenvalue weighted by Gasteiger charge is -2.26. The van der Waals surface area contributed by atoms with Crippen LogP contribution >= 0.6 is 11.3 Å². The van der Waals surface area contributed by atoms with Crippen LogP contribution in [0.2, 0.25) is 0 Å². The Kier molecular flexibility index (Phi) is 3.53. The standard InChI is InChI=1S/C15H12N2O3S/c1-2-20-9-12-10-5-3-4-6-11(10)13(18)17(14(12)19)15-16-7-8-21-15/h3-9H,2H2,1H3. The number of carbonyl (C=O) groups excluding carboxylic acids is 2. The van der Waals surface area contributed by atoms with Crippen LogP contribution in [0.15, 0.2) is 42.1 Å². The molecule has 0 aliphatic carbocycles. The van der Waals surface area contributed by atoms with E-state index < -0.39 is 5.91 Å². The maximum Gasteiger partial charge on any atom is 0.270 e. The molecule has 2 heterocycles. The number of hydrogen-bond acceptors (Lipinski definition) is 5. The predicted octanol–water partition coefficient (Wildman–Crippen LogP) is 2.71. The van der Waals surface area contributed by atoms with Crippen molar-refractivity contribution in [3.8, 4) is 0 Å². The fourth-order valence-electron chi connectivity index (χ4n) is 2.13. The summed E-state index contributed by atoms with van der Waals surface area (Å²) in [6.07, 6.45) is 2.97. The first-order chi connectivity index (χ1) is 10.2. The summed E-state index contributed by atoms with van der Waals surface area (Å²) in [6.45, 7) is 2.28. The van der Waals surface area contributed by atoms with E-state index in [2.05, 4.69) is 4.98 Å². The van der Waals surface area contributed by atoms with Crippen molar-refractivity contribution in [1.29, 1.82) is 0 Å². The molecule has 0 N–H and O–H groups in total. The summed E-state index contributed by atoms with van der Waals surface area (Å²) in [6, 6.07) is 7.00. The first-order valence-electron chi connectivity index (χ1n) is 6.43. The molecule has 0 spiro atoms. The van der Waals surface area contributed by atoms with Crippen molar-refractivity contribution in [2.75, 3.05) is 11.5 Å². The number of hydrogen-bond donors (Lipinski definition) is 0. The number of nitrogens with zero attached hydrogens (tertiary/aromatic N) is 2. The van der Waals surface area contributed by atoms with Gasteiger partial charge in [-0.05, 0) is 13.0 Å².